The van der Waals surface area contributed by atoms with Gasteiger partial charge >= 0.3 is 6.18 Å². The normalized spacial score (nSPS) is 15.8. The van der Waals surface area contributed by atoms with Crippen LogP contribution in [0, 0.1) is 0 Å². The number of pyridine rings is 1. The van der Waals surface area contributed by atoms with E-state index in [0.717, 1.165) is 23.4 Å². The van der Waals surface area contributed by atoms with Gasteiger partial charge in [-0.1, -0.05) is 6.07 Å². The highest BCUT2D eigenvalue weighted by atomic mass is 19.4. The molecule has 1 N–H and O–H groups in total. The lowest BCUT2D eigenvalue weighted by molar-refractivity contribution is -0.137. The van der Waals surface area contributed by atoms with Crippen LogP contribution in [0.4, 0.5) is 13.2 Å². The first kappa shape index (κ1) is 19.0. The van der Waals surface area contributed by atoms with E-state index in [2.05, 4.69) is 15.4 Å². The van der Waals surface area contributed by atoms with E-state index in [4.69, 9.17) is 4.74 Å². The van der Waals surface area contributed by atoms with Gasteiger partial charge in [-0.2, -0.15) is 18.3 Å². The Kier molecular flexibility index (Phi) is 4.73. The monoisotopic (exact) mass is 402 g/mol. The number of carbonyl (C=O) groups is 1. The molecular weight excluding hydrogens is 385 g/mol. The fourth-order valence-corrected chi connectivity index (χ4v) is 3.34. The molecule has 29 heavy (non-hydrogen) atoms. The zero-order valence-corrected chi connectivity index (χ0v) is 15.4. The van der Waals surface area contributed by atoms with Crippen LogP contribution in [-0.4, -0.2) is 27.8 Å². The van der Waals surface area contributed by atoms with Gasteiger partial charge in [-0.25, -0.2) is 4.98 Å². The number of ether oxygens (including phenoxy) is 1. The van der Waals surface area contributed by atoms with Crippen molar-refractivity contribution in [3.8, 4) is 17.1 Å². The molecule has 0 fully saturated rings. The SMILES string of the molecule is COc1cc(-c2cc3n(n2)CCC3NC(=O)c2cccc(C(F)(F)F)c2)ccn1. The highest BCUT2D eigenvalue weighted by Gasteiger charge is 2.32. The van der Waals surface area contributed by atoms with E-state index in [1.165, 1.54) is 19.2 Å². The molecular formula is C20H17F3N4O2. The third kappa shape index (κ3) is 3.80. The molecule has 6 nitrogen and oxygen atoms in total. The first-order chi connectivity index (χ1) is 13.8. The second-order valence-electron chi connectivity index (χ2n) is 6.66. The molecule has 0 saturated heterocycles. The standard InChI is InChI=1S/C20H17F3N4O2/c1-29-18-10-12(5-7-24-18)16-11-17-15(6-8-27(17)26-16)25-19(28)13-3-2-4-14(9-13)20(21,22)23/h2-5,7,9-11,15H,6,8H2,1H3,(H,25,28). The van der Waals surface area contributed by atoms with E-state index in [9.17, 15) is 18.0 Å². The molecule has 0 spiro atoms. The van der Waals surface area contributed by atoms with Crippen molar-refractivity contribution in [1.82, 2.24) is 20.1 Å². The molecule has 0 saturated carbocycles. The summed E-state index contributed by atoms with van der Waals surface area (Å²) in [6.45, 7) is 0.602. The molecule has 1 aliphatic rings. The molecule has 0 bridgehead atoms. The molecule has 1 amide bonds. The van der Waals surface area contributed by atoms with Gasteiger partial charge in [0.25, 0.3) is 5.91 Å². The van der Waals surface area contributed by atoms with Crippen LogP contribution in [0.5, 0.6) is 5.88 Å². The summed E-state index contributed by atoms with van der Waals surface area (Å²) in [7, 11) is 1.53. The van der Waals surface area contributed by atoms with Gasteiger partial charge in [0.1, 0.15) is 0 Å². The van der Waals surface area contributed by atoms with Crippen LogP contribution in [0.2, 0.25) is 0 Å². The van der Waals surface area contributed by atoms with Crippen molar-refractivity contribution in [2.75, 3.05) is 7.11 Å². The van der Waals surface area contributed by atoms with Gasteiger partial charge in [0, 0.05) is 29.9 Å². The summed E-state index contributed by atoms with van der Waals surface area (Å²) in [5.74, 6) is -0.0899. The molecule has 1 unspecified atom stereocenters. The van der Waals surface area contributed by atoms with Crippen LogP contribution in [0.3, 0.4) is 0 Å². The lowest BCUT2D eigenvalue weighted by atomic mass is 10.1. The number of benzene rings is 1. The zero-order chi connectivity index (χ0) is 20.6. The quantitative estimate of drug-likeness (QED) is 0.720. The second-order valence-corrected chi connectivity index (χ2v) is 6.66. The van der Waals surface area contributed by atoms with Crippen LogP contribution in [0.15, 0.2) is 48.7 Å². The largest absolute Gasteiger partial charge is 0.481 e. The van der Waals surface area contributed by atoms with E-state index >= 15 is 0 Å². The molecule has 2 aromatic heterocycles. The molecule has 4 rings (SSSR count). The second kappa shape index (κ2) is 7.23. The average Bonchev–Trinajstić information content (AvgIpc) is 3.29. The van der Waals surface area contributed by atoms with Crippen LogP contribution in [0.25, 0.3) is 11.3 Å². The Bertz CT molecular complexity index is 1060. The molecule has 0 radical (unpaired) electrons. The molecule has 1 atom stereocenters. The Hall–Kier alpha value is -3.36. The summed E-state index contributed by atoms with van der Waals surface area (Å²) in [5, 5.41) is 7.36. The average molecular weight is 402 g/mol. The Balaban J connectivity index is 1.54. The van der Waals surface area contributed by atoms with Crippen molar-refractivity contribution in [2.45, 2.75) is 25.2 Å². The first-order valence-electron chi connectivity index (χ1n) is 8.91. The van der Waals surface area contributed by atoms with Crippen LogP contribution in [-0.2, 0) is 12.7 Å². The van der Waals surface area contributed by atoms with E-state index in [0.29, 0.717) is 24.5 Å². The Labute approximate surface area is 164 Å². The van der Waals surface area contributed by atoms with Crippen molar-refractivity contribution in [3.05, 3.63) is 65.5 Å². The summed E-state index contributed by atoms with van der Waals surface area (Å²) in [4.78, 5) is 16.6. The minimum Gasteiger partial charge on any atom is -0.481 e. The van der Waals surface area contributed by atoms with Crippen molar-refractivity contribution < 1.29 is 22.7 Å². The maximum atomic E-state index is 12.9. The van der Waals surface area contributed by atoms with Gasteiger partial charge in [0.05, 0.1) is 30.1 Å². The third-order valence-electron chi connectivity index (χ3n) is 4.79. The Morgan fingerprint density at radius 2 is 2.07 bits per heavy atom. The lowest BCUT2D eigenvalue weighted by Crippen LogP contribution is -2.27. The van der Waals surface area contributed by atoms with E-state index in [-0.39, 0.29) is 11.6 Å². The number of aromatic nitrogens is 3. The van der Waals surface area contributed by atoms with Gasteiger partial charge in [-0.3, -0.25) is 9.48 Å². The number of methoxy groups -OCH3 is 1. The highest BCUT2D eigenvalue weighted by Crippen LogP contribution is 2.32. The number of hydrogen-bond donors (Lipinski definition) is 1. The molecule has 1 aromatic carbocycles. The summed E-state index contributed by atoms with van der Waals surface area (Å²) >= 11 is 0. The third-order valence-corrected chi connectivity index (χ3v) is 4.79. The number of alkyl halides is 3. The summed E-state index contributed by atoms with van der Waals surface area (Å²) in [5.41, 5.74) is 1.45. The van der Waals surface area contributed by atoms with E-state index in [1.807, 2.05) is 6.07 Å². The molecule has 1 aliphatic heterocycles. The van der Waals surface area contributed by atoms with Crippen molar-refractivity contribution in [2.24, 2.45) is 0 Å². The molecule has 3 heterocycles. The number of halogens is 3. The number of carbonyl (C=O) groups excluding carboxylic acids is 1. The van der Waals surface area contributed by atoms with Crippen molar-refractivity contribution in [3.63, 3.8) is 0 Å². The summed E-state index contributed by atoms with van der Waals surface area (Å²) in [6.07, 6.45) is -2.26. The van der Waals surface area contributed by atoms with E-state index < -0.39 is 17.6 Å². The Morgan fingerprint density at radius 3 is 2.83 bits per heavy atom. The number of rotatable bonds is 4. The summed E-state index contributed by atoms with van der Waals surface area (Å²) < 4.78 is 45.6. The number of aryl methyl sites for hydroxylation is 1. The maximum absolute atomic E-state index is 12.9. The van der Waals surface area contributed by atoms with Crippen LogP contribution < -0.4 is 10.1 Å². The number of nitrogens with one attached hydrogen (secondary N) is 1. The maximum Gasteiger partial charge on any atom is 0.416 e. The topological polar surface area (TPSA) is 69.0 Å². The highest BCUT2D eigenvalue weighted by molar-refractivity contribution is 5.94. The fourth-order valence-electron chi connectivity index (χ4n) is 3.34. The van der Waals surface area contributed by atoms with Gasteiger partial charge in [0.2, 0.25) is 5.88 Å². The number of amides is 1. The van der Waals surface area contributed by atoms with Gasteiger partial charge in [-0.15, -0.1) is 0 Å². The van der Waals surface area contributed by atoms with Crippen molar-refractivity contribution in [1.29, 1.82) is 0 Å². The summed E-state index contributed by atoms with van der Waals surface area (Å²) in [6, 6.07) is 9.48. The molecule has 9 heteroatoms. The zero-order valence-electron chi connectivity index (χ0n) is 15.4. The fraction of sp³-hybridized carbons (Fsp3) is 0.250. The minimum absolute atomic E-state index is 0.0307. The lowest BCUT2D eigenvalue weighted by Gasteiger charge is -2.13. The smallest absolute Gasteiger partial charge is 0.416 e. The van der Waals surface area contributed by atoms with Crippen molar-refractivity contribution >= 4 is 5.91 Å². The number of fused-ring (bicyclic) bond motifs is 1. The van der Waals surface area contributed by atoms with Crippen LogP contribution >= 0.6 is 0 Å². The predicted molar refractivity (Wildman–Crippen MR) is 98.3 cm³/mol. The van der Waals surface area contributed by atoms with Gasteiger partial charge in [0.15, 0.2) is 0 Å². The number of nitrogens with zero attached hydrogens (tertiary/aromatic N) is 3. The molecule has 150 valence electrons. The van der Waals surface area contributed by atoms with Gasteiger partial charge in [-0.05, 0) is 36.8 Å². The molecule has 3 aromatic rings. The van der Waals surface area contributed by atoms with E-state index in [1.54, 1.807) is 23.0 Å². The molecule has 0 aliphatic carbocycles. The first-order valence-corrected chi connectivity index (χ1v) is 8.91. The predicted octanol–water partition coefficient (Wildman–Crippen LogP) is 3.85. The van der Waals surface area contributed by atoms with Gasteiger partial charge < -0.3 is 10.1 Å². The van der Waals surface area contributed by atoms with Crippen LogP contribution in [0.1, 0.15) is 34.1 Å². The Morgan fingerprint density at radius 1 is 1.24 bits per heavy atom. The number of hydrogen-bond acceptors (Lipinski definition) is 4. The minimum atomic E-state index is -4.50.